The lowest BCUT2D eigenvalue weighted by Gasteiger charge is -2.09. The molecule has 0 aliphatic carbocycles. The Kier molecular flexibility index (Phi) is 4.07. The van der Waals surface area contributed by atoms with Gasteiger partial charge in [-0.25, -0.2) is 9.59 Å². The van der Waals surface area contributed by atoms with Crippen molar-refractivity contribution in [3.63, 3.8) is 0 Å². The quantitative estimate of drug-likeness (QED) is 0.532. The highest BCUT2D eigenvalue weighted by atomic mass is 16.5. The summed E-state index contributed by atoms with van der Waals surface area (Å²) in [6, 6.07) is 4.09. The van der Waals surface area contributed by atoms with Crippen LogP contribution in [0.3, 0.4) is 0 Å². The van der Waals surface area contributed by atoms with E-state index >= 15 is 0 Å². The highest BCUT2D eigenvalue weighted by molar-refractivity contribution is 6.14. The Morgan fingerprint density at radius 3 is 2.62 bits per heavy atom. The largest absolute Gasteiger partial charge is 0.493 e. The third-order valence-corrected chi connectivity index (χ3v) is 2.57. The van der Waals surface area contributed by atoms with Gasteiger partial charge in [0, 0.05) is 0 Å². The molecule has 8 heteroatoms. The number of ether oxygens (including phenoxy) is 2. The molecule has 1 aromatic carbocycles. The Morgan fingerprint density at radius 1 is 1.29 bits per heavy atom. The summed E-state index contributed by atoms with van der Waals surface area (Å²) in [4.78, 5) is 32.9. The van der Waals surface area contributed by atoms with Crippen LogP contribution in [0.25, 0.3) is 6.08 Å². The Morgan fingerprint density at radius 2 is 2.05 bits per heavy atom. The number of benzene rings is 1. The van der Waals surface area contributed by atoms with Gasteiger partial charge in [0.2, 0.25) is 0 Å². The Balaban J connectivity index is 2.23. The first-order valence-corrected chi connectivity index (χ1v) is 5.86. The van der Waals surface area contributed by atoms with Crippen molar-refractivity contribution in [1.82, 2.24) is 10.6 Å². The van der Waals surface area contributed by atoms with Crippen LogP contribution in [0.15, 0.2) is 23.9 Å². The fourth-order valence-corrected chi connectivity index (χ4v) is 1.68. The number of urea groups is 1. The zero-order valence-electron chi connectivity index (χ0n) is 11.0. The summed E-state index contributed by atoms with van der Waals surface area (Å²) in [5, 5.41) is 13.0. The Labute approximate surface area is 119 Å². The lowest BCUT2D eigenvalue weighted by molar-refractivity contribution is -0.139. The summed E-state index contributed by atoms with van der Waals surface area (Å²) in [5.74, 6) is -1.05. The van der Waals surface area contributed by atoms with Gasteiger partial charge in [0.1, 0.15) is 5.70 Å². The van der Waals surface area contributed by atoms with Crippen LogP contribution in [0.1, 0.15) is 5.56 Å². The molecule has 0 unspecified atom stereocenters. The maximum Gasteiger partial charge on any atom is 0.341 e. The molecule has 21 heavy (non-hydrogen) atoms. The molecule has 3 amide bonds. The number of aliphatic carboxylic acids is 1. The van der Waals surface area contributed by atoms with Crippen molar-refractivity contribution in [2.45, 2.75) is 0 Å². The van der Waals surface area contributed by atoms with Gasteiger partial charge in [-0.15, -0.1) is 0 Å². The third kappa shape index (κ3) is 3.50. The van der Waals surface area contributed by atoms with Crippen LogP contribution in [-0.2, 0) is 9.59 Å². The molecule has 110 valence electrons. The smallest absolute Gasteiger partial charge is 0.341 e. The van der Waals surface area contributed by atoms with Crippen LogP contribution in [0, 0.1) is 0 Å². The molecule has 0 spiro atoms. The van der Waals surface area contributed by atoms with Gasteiger partial charge in [0.15, 0.2) is 18.1 Å². The number of rotatable bonds is 5. The minimum Gasteiger partial charge on any atom is -0.493 e. The second-order valence-corrected chi connectivity index (χ2v) is 4.06. The van der Waals surface area contributed by atoms with E-state index in [4.69, 9.17) is 14.6 Å². The third-order valence-electron chi connectivity index (χ3n) is 2.57. The molecule has 0 atom stereocenters. The maximum absolute atomic E-state index is 11.4. The van der Waals surface area contributed by atoms with Crippen LogP contribution in [0.2, 0.25) is 0 Å². The fourth-order valence-electron chi connectivity index (χ4n) is 1.68. The number of amides is 3. The van der Waals surface area contributed by atoms with Crippen molar-refractivity contribution < 1.29 is 29.0 Å². The van der Waals surface area contributed by atoms with Crippen LogP contribution < -0.4 is 20.1 Å². The molecule has 0 radical (unpaired) electrons. The van der Waals surface area contributed by atoms with Crippen molar-refractivity contribution in [3.05, 3.63) is 29.5 Å². The number of carbonyl (C=O) groups is 3. The zero-order chi connectivity index (χ0) is 15.4. The number of hydrogen-bond donors (Lipinski definition) is 3. The second kappa shape index (κ2) is 5.95. The summed E-state index contributed by atoms with van der Waals surface area (Å²) in [5.41, 5.74) is 0.697. The van der Waals surface area contributed by atoms with Crippen molar-refractivity contribution >= 4 is 24.0 Å². The lowest BCUT2D eigenvalue weighted by atomic mass is 10.1. The van der Waals surface area contributed by atoms with Gasteiger partial charge in [0.25, 0.3) is 5.91 Å². The Hall–Kier alpha value is -3.03. The van der Waals surface area contributed by atoms with Gasteiger partial charge in [-0.1, -0.05) is 6.07 Å². The van der Waals surface area contributed by atoms with E-state index in [1.165, 1.54) is 19.3 Å². The first-order chi connectivity index (χ1) is 9.99. The minimum atomic E-state index is -1.10. The molecule has 8 nitrogen and oxygen atoms in total. The normalized spacial score (nSPS) is 15.6. The monoisotopic (exact) mass is 292 g/mol. The number of nitrogens with one attached hydrogen (secondary N) is 2. The van der Waals surface area contributed by atoms with E-state index in [1.54, 1.807) is 12.1 Å². The molecule has 1 aliphatic heterocycles. The van der Waals surface area contributed by atoms with Gasteiger partial charge in [-0.3, -0.25) is 10.1 Å². The number of imide groups is 1. The summed E-state index contributed by atoms with van der Waals surface area (Å²) in [6.45, 7) is -0.491. The second-order valence-electron chi connectivity index (χ2n) is 4.06. The average Bonchev–Trinajstić information content (AvgIpc) is 2.75. The van der Waals surface area contributed by atoms with Crippen LogP contribution in [0.4, 0.5) is 4.79 Å². The fraction of sp³-hybridized carbons (Fsp3) is 0.154. The van der Waals surface area contributed by atoms with Crippen molar-refractivity contribution in [2.75, 3.05) is 13.7 Å². The Bertz CT molecular complexity index is 638. The van der Waals surface area contributed by atoms with Gasteiger partial charge in [0.05, 0.1) is 7.11 Å². The van der Waals surface area contributed by atoms with E-state index in [-0.39, 0.29) is 11.4 Å². The first kappa shape index (κ1) is 14.4. The highest BCUT2D eigenvalue weighted by Crippen LogP contribution is 2.28. The van der Waals surface area contributed by atoms with Gasteiger partial charge < -0.3 is 19.9 Å². The van der Waals surface area contributed by atoms with E-state index in [2.05, 4.69) is 10.6 Å². The molecule has 1 aliphatic rings. The summed E-state index contributed by atoms with van der Waals surface area (Å²) >= 11 is 0. The molecule has 1 saturated heterocycles. The zero-order valence-corrected chi connectivity index (χ0v) is 11.0. The number of carbonyl (C=O) groups excluding carboxylic acids is 2. The van der Waals surface area contributed by atoms with Crippen LogP contribution in [0.5, 0.6) is 11.5 Å². The predicted octanol–water partition coefficient (Wildman–Crippen LogP) is 0.339. The van der Waals surface area contributed by atoms with Crippen LogP contribution in [-0.4, -0.2) is 36.7 Å². The molecule has 1 heterocycles. The first-order valence-electron chi connectivity index (χ1n) is 5.86. The van der Waals surface area contributed by atoms with Gasteiger partial charge >= 0.3 is 12.0 Å². The molecular weight excluding hydrogens is 280 g/mol. The molecule has 1 aromatic rings. The molecule has 1 fully saturated rings. The van der Waals surface area contributed by atoms with E-state index in [0.717, 1.165) is 0 Å². The van der Waals surface area contributed by atoms with E-state index in [1.807, 2.05) is 0 Å². The molecule has 0 aromatic heterocycles. The topological polar surface area (TPSA) is 114 Å². The van der Waals surface area contributed by atoms with Crippen molar-refractivity contribution in [3.8, 4) is 11.5 Å². The average molecular weight is 292 g/mol. The summed E-state index contributed by atoms with van der Waals surface area (Å²) in [6.07, 6.45) is 1.46. The van der Waals surface area contributed by atoms with Crippen molar-refractivity contribution in [2.24, 2.45) is 0 Å². The van der Waals surface area contributed by atoms with Gasteiger partial charge in [-0.05, 0) is 23.8 Å². The molecule has 2 rings (SSSR count). The molecule has 0 saturated carbocycles. The minimum absolute atomic E-state index is 0.112. The lowest BCUT2D eigenvalue weighted by Crippen LogP contribution is -2.22. The van der Waals surface area contributed by atoms with Gasteiger partial charge in [-0.2, -0.15) is 0 Å². The number of hydrogen-bond acceptors (Lipinski definition) is 5. The van der Waals surface area contributed by atoms with Crippen LogP contribution >= 0.6 is 0 Å². The molecular formula is C13H12N2O6. The van der Waals surface area contributed by atoms with Crippen molar-refractivity contribution in [1.29, 1.82) is 0 Å². The van der Waals surface area contributed by atoms with E-state index in [9.17, 15) is 14.4 Å². The van der Waals surface area contributed by atoms with E-state index < -0.39 is 24.5 Å². The highest BCUT2D eigenvalue weighted by Gasteiger charge is 2.22. The number of methoxy groups -OCH3 is 1. The number of carboxylic acids is 1. The summed E-state index contributed by atoms with van der Waals surface area (Å²) < 4.78 is 10.2. The predicted molar refractivity (Wildman–Crippen MR) is 70.8 cm³/mol. The maximum atomic E-state index is 11.4. The number of carboxylic acid groups (broad SMARTS) is 1. The SMILES string of the molecule is COc1cc(C=C2NC(=O)NC2=O)ccc1OCC(=O)O. The van der Waals surface area contributed by atoms with E-state index in [0.29, 0.717) is 11.3 Å². The molecule has 0 bridgehead atoms. The molecule has 3 N–H and O–H groups in total. The standard InChI is InChI=1S/C13H12N2O6/c1-20-10-5-7(2-3-9(10)21-6-11(16)17)4-8-12(18)15-13(19)14-8/h2-5H,6H2,1H3,(H,16,17)(H2,14,15,18,19). The summed E-state index contributed by atoms with van der Waals surface area (Å²) in [7, 11) is 1.41.